The molecule has 1 aromatic carbocycles. The van der Waals surface area contributed by atoms with E-state index < -0.39 is 0 Å². The predicted octanol–water partition coefficient (Wildman–Crippen LogP) is 3.52. The van der Waals surface area contributed by atoms with Gasteiger partial charge in [-0.25, -0.2) is 14.2 Å². The van der Waals surface area contributed by atoms with E-state index in [2.05, 4.69) is 21.1 Å². The quantitative estimate of drug-likeness (QED) is 0.891. The maximum atomic E-state index is 13.0. The summed E-state index contributed by atoms with van der Waals surface area (Å²) in [5.74, 6) is 1.96. The van der Waals surface area contributed by atoms with Gasteiger partial charge in [-0.2, -0.15) is 0 Å². The van der Waals surface area contributed by atoms with Gasteiger partial charge in [0.05, 0.1) is 0 Å². The van der Waals surface area contributed by atoms with E-state index in [9.17, 15) is 9.18 Å². The zero-order valence-electron chi connectivity index (χ0n) is 14.9. The lowest BCUT2D eigenvalue weighted by molar-refractivity contribution is 0.177. The Balaban J connectivity index is 1.34. The molecule has 2 aliphatic rings. The Kier molecular flexibility index (Phi) is 4.91. The fourth-order valence-corrected chi connectivity index (χ4v) is 3.68. The fourth-order valence-electron chi connectivity index (χ4n) is 3.68. The topological polar surface area (TPSA) is 50.2 Å². The highest BCUT2D eigenvalue weighted by atomic mass is 19.1. The third-order valence-corrected chi connectivity index (χ3v) is 5.33. The summed E-state index contributed by atoms with van der Waals surface area (Å²) in [4.78, 5) is 19.0. The van der Waals surface area contributed by atoms with Gasteiger partial charge in [0.25, 0.3) is 0 Å². The summed E-state index contributed by atoms with van der Waals surface area (Å²) in [7, 11) is 0. The van der Waals surface area contributed by atoms with E-state index in [1.165, 1.54) is 25.0 Å². The Bertz CT molecular complexity index is 753. The monoisotopic (exact) mass is 356 g/mol. The molecule has 0 spiro atoms. The average molecular weight is 356 g/mol. The molecule has 4 rings (SSSR count). The van der Waals surface area contributed by atoms with Crippen LogP contribution >= 0.6 is 0 Å². The first-order valence-corrected chi connectivity index (χ1v) is 9.47. The van der Waals surface area contributed by atoms with Crippen molar-refractivity contribution in [3.05, 3.63) is 53.9 Å². The number of likely N-dealkylation sites (tertiary alicyclic amines) is 1. The minimum atomic E-state index is -0.263. The molecule has 2 aromatic rings. The molecule has 1 saturated heterocycles. The highest BCUT2D eigenvalue weighted by molar-refractivity contribution is 5.74. The van der Waals surface area contributed by atoms with Crippen molar-refractivity contribution in [1.82, 2.24) is 19.8 Å². The third kappa shape index (κ3) is 4.06. The van der Waals surface area contributed by atoms with Crippen molar-refractivity contribution in [2.45, 2.75) is 44.7 Å². The number of hydrogen-bond donors (Lipinski definition) is 1. The summed E-state index contributed by atoms with van der Waals surface area (Å²) in [6.45, 7) is 2.95. The summed E-state index contributed by atoms with van der Waals surface area (Å²) < 4.78 is 15.2. The predicted molar refractivity (Wildman–Crippen MR) is 97.1 cm³/mol. The van der Waals surface area contributed by atoms with Crippen LogP contribution < -0.4 is 5.32 Å². The first kappa shape index (κ1) is 17.1. The van der Waals surface area contributed by atoms with Crippen molar-refractivity contribution in [2.24, 2.45) is 5.92 Å². The molecule has 2 fully saturated rings. The molecule has 1 aliphatic carbocycles. The number of hydrogen-bond acceptors (Lipinski definition) is 2. The lowest BCUT2D eigenvalue weighted by Gasteiger charge is -2.32. The van der Waals surface area contributed by atoms with Crippen LogP contribution in [0.15, 0.2) is 36.7 Å². The Morgan fingerprint density at radius 3 is 2.81 bits per heavy atom. The summed E-state index contributed by atoms with van der Waals surface area (Å²) in [5.41, 5.74) is 0.897. The lowest BCUT2D eigenvalue weighted by atomic mass is 9.97. The van der Waals surface area contributed by atoms with Gasteiger partial charge in [0.2, 0.25) is 0 Å². The van der Waals surface area contributed by atoms with E-state index in [0.717, 1.165) is 43.2 Å². The number of rotatable bonds is 5. The Morgan fingerprint density at radius 1 is 1.23 bits per heavy atom. The van der Waals surface area contributed by atoms with Gasteiger partial charge in [-0.3, -0.25) is 0 Å². The van der Waals surface area contributed by atoms with Gasteiger partial charge < -0.3 is 14.8 Å². The Hall–Kier alpha value is -2.37. The van der Waals surface area contributed by atoms with Gasteiger partial charge in [-0.1, -0.05) is 12.1 Å². The van der Waals surface area contributed by atoms with Crippen LogP contribution in [0.4, 0.5) is 9.18 Å². The van der Waals surface area contributed by atoms with Crippen LogP contribution in [0, 0.1) is 11.7 Å². The Morgan fingerprint density at radius 2 is 2.04 bits per heavy atom. The minimum Gasteiger partial charge on any atom is -0.334 e. The van der Waals surface area contributed by atoms with Crippen LogP contribution in [-0.4, -0.2) is 33.6 Å². The number of amides is 2. The molecule has 5 nitrogen and oxygen atoms in total. The van der Waals surface area contributed by atoms with Crippen molar-refractivity contribution in [1.29, 1.82) is 0 Å². The molecule has 1 atom stereocenters. The molecule has 26 heavy (non-hydrogen) atoms. The van der Waals surface area contributed by atoms with Crippen molar-refractivity contribution in [3.8, 4) is 0 Å². The minimum absolute atomic E-state index is 0.0562. The van der Waals surface area contributed by atoms with Crippen molar-refractivity contribution in [3.63, 3.8) is 0 Å². The number of aromatic nitrogens is 2. The zero-order valence-corrected chi connectivity index (χ0v) is 14.9. The molecule has 1 aliphatic heterocycles. The summed E-state index contributed by atoms with van der Waals surface area (Å²) in [6.07, 6.45) is 8.65. The van der Waals surface area contributed by atoms with Gasteiger partial charge in [0, 0.05) is 44.5 Å². The number of nitrogens with zero attached hydrogens (tertiary/aromatic N) is 3. The maximum absolute atomic E-state index is 13.0. The smallest absolute Gasteiger partial charge is 0.317 e. The summed E-state index contributed by atoms with van der Waals surface area (Å²) in [5, 5.41) is 2.95. The molecule has 1 aromatic heterocycles. The number of urea groups is 1. The molecular weight excluding hydrogens is 331 g/mol. The number of piperidine rings is 1. The van der Waals surface area contributed by atoms with Crippen LogP contribution in [0.25, 0.3) is 0 Å². The number of halogens is 1. The summed E-state index contributed by atoms with van der Waals surface area (Å²) >= 11 is 0. The SMILES string of the molecule is O=C(NCc1ccc(F)cc1)N1CCC[C@H](c2nccn2CC2CC2)C1. The maximum Gasteiger partial charge on any atom is 0.317 e. The number of imidazole rings is 1. The zero-order chi connectivity index (χ0) is 17.9. The number of benzene rings is 1. The van der Waals surface area contributed by atoms with E-state index >= 15 is 0 Å². The molecular formula is C20H25FN4O. The van der Waals surface area contributed by atoms with Gasteiger partial charge in [0.1, 0.15) is 11.6 Å². The molecule has 1 saturated carbocycles. The van der Waals surface area contributed by atoms with E-state index in [4.69, 9.17) is 0 Å². The molecule has 138 valence electrons. The normalized spacial score (nSPS) is 20.2. The summed E-state index contributed by atoms with van der Waals surface area (Å²) in [6, 6.07) is 6.17. The fraction of sp³-hybridized carbons (Fsp3) is 0.500. The van der Waals surface area contributed by atoms with Gasteiger partial charge in [-0.05, 0) is 49.3 Å². The molecule has 6 heteroatoms. The highest BCUT2D eigenvalue weighted by Gasteiger charge is 2.29. The van der Waals surface area contributed by atoms with Gasteiger partial charge in [0.15, 0.2) is 0 Å². The number of carbonyl (C=O) groups is 1. The number of nitrogens with one attached hydrogen (secondary N) is 1. The van der Waals surface area contributed by atoms with Crippen molar-refractivity contribution < 1.29 is 9.18 Å². The third-order valence-electron chi connectivity index (χ3n) is 5.33. The molecule has 0 unspecified atom stereocenters. The molecule has 1 N–H and O–H groups in total. The van der Waals surface area contributed by atoms with Crippen LogP contribution in [0.5, 0.6) is 0 Å². The second kappa shape index (κ2) is 7.48. The van der Waals surface area contributed by atoms with Gasteiger partial charge >= 0.3 is 6.03 Å². The average Bonchev–Trinajstić information content (AvgIpc) is 3.36. The van der Waals surface area contributed by atoms with Crippen molar-refractivity contribution in [2.75, 3.05) is 13.1 Å². The molecule has 2 amide bonds. The lowest BCUT2D eigenvalue weighted by Crippen LogP contribution is -2.45. The standard InChI is InChI=1S/C20H25FN4O/c21-18-7-5-15(6-8-18)12-23-20(26)25-10-1-2-17(14-25)19-22-9-11-24(19)13-16-3-4-16/h5-9,11,16-17H,1-4,10,12-14H2,(H,23,26)/t17-/m0/s1. The largest absolute Gasteiger partial charge is 0.334 e. The van der Waals surface area contributed by atoms with E-state index in [-0.39, 0.29) is 11.8 Å². The van der Waals surface area contributed by atoms with E-state index in [1.807, 2.05) is 11.1 Å². The van der Waals surface area contributed by atoms with Crippen molar-refractivity contribution >= 4 is 6.03 Å². The van der Waals surface area contributed by atoms with Crippen LogP contribution in [-0.2, 0) is 13.1 Å². The number of carbonyl (C=O) groups excluding carboxylic acids is 1. The second-order valence-electron chi connectivity index (χ2n) is 7.45. The first-order chi connectivity index (χ1) is 12.7. The molecule has 0 radical (unpaired) electrons. The highest BCUT2D eigenvalue weighted by Crippen LogP contribution is 2.33. The van der Waals surface area contributed by atoms with Crippen LogP contribution in [0.3, 0.4) is 0 Å². The second-order valence-corrected chi connectivity index (χ2v) is 7.45. The molecule has 2 heterocycles. The van der Waals surface area contributed by atoms with E-state index in [1.54, 1.807) is 12.1 Å². The Labute approximate surface area is 153 Å². The van der Waals surface area contributed by atoms with Crippen LogP contribution in [0.2, 0.25) is 0 Å². The van der Waals surface area contributed by atoms with E-state index in [0.29, 0.717) is 19.0 Å². The molecule has 0 bridgehead atoms. The van der Waals surface area contributed by atoms with Crippen LogP contribution in [0.1, 0.15) is 43.0 Å². The first-order valence-electron chi connectivity index (χ1n) is 9.47. The van der Waals surface area contributed by atoms with Gasteiger partial charge in [-0.15, -0.1) is 0 Å².